The number of alkyl halides is 3. The molecule has 2 N–H and O–H groups in total. The van der Waals surface area contributed by atoms with Crippen LogP contribution in [0.4, 0.5) is 13.2 Å². The highest BCUT2D eigenvalue weighted by molar-refractivity contribution is 5.91. The van der Waals surface area contributed by atoms with E-state index in [9.17, 15) is 22.8 Å². The molecule has 3 aliphatic rings. The highest BCUT2D eigenvalue weighted by Crippen LogP contribution is 2.33. The van der Waals surface area contributed by atoms with Crippen molar-refractivity contribution in [2.75, 3.05) is 26.2 Å². The fraction of sp³-hybridized carbons (Fsp3) is 0.480. The van der Waals surface area contributed by atoms with Crippen molar-refractivity contribution in [1.82, 2.24) is 25.1 Å². The van der Waals surface area contributed by atoms with Crippen LogP contribution in [0.15, 0.2) is 36.7 Å². The third-order valence-corrected chi connectivity index (χ3v) is 7.30. The lowest BCUT2D eigenvalue weighted by molar-refractivity contribution is -0.274. The first-order valence-electron chi connectivity index (χ1n) is 12.1. The second-order valence-corrected chi connectivity index (χ2v) is 9.58. The molecule has 2 saturated heterocycles. The average Bonchev–Trinajstić information content (AvgIpc) is 3.44. The van der Waals surface area contributed by atoms with Crippen LogP contribution < -0.4 is 10.1 Å². The minimum Gasteiger partial charge on any atom is -0.406 e. The van der Waals surface area contributed by atoms with E-state index in [1.54, 1.807) is 12.4 Å². The zero-order chi connectivity index (χ0) is 25.3. The SMILES string of the molecule is Cl.O=C(/C=C/c1ccc(OC(F)(F)F)cc1)N1CC[C@@H]2CN(C(=O)[C@@H]3Cc4[nH]cnc4CN3)C[C@@H]2CC1. The van der Waals surface area contributed by atoms with Crippen LogP contribution in [0.1, 0.15) is 29.8 Å². The second-order valence-electron chi connectivity index (χ2n) is 9.58. The van der Waals surface area contributed by atoms with Crippen molar-refractivity contribution in [3.8, 4) is 5.75 Å². The number of amides is 2. The Labute approximate surface area is 218 Å². The van der Waals surface area contributed by atoms with Crippen molar-refractivity contribution in [2.45, 2.75) is 38.2 Å². The normalized spacial score (nSPS) is 23.7. The molecular formula is C25H29ClF3N5O3. The van der Waals surface area contributed by atoms with Crippen molar-refractivity contribution in [3.05, 3.63) is 53.6 Å². The van der Waals surface area contributed by atoms with Gasteiger partial charge in [0.15, 0.2) is 0 Å². The third-order valence-electron chi connectivity index (χ3n) is 7.30. The third kappa shape index (κ3) is 6.45. The van der Waals surface area contributed by atoms with Crippen molar-refractivity contribution >= 4 is 30.3 Å². The van der Waals surface area contributed by atoms with E-state index in [0.717, 1.165) is 24.2 Å². The number of aromatic nitrogens is 2. The van der Waals surface area contributed by atoms with E-state index >= 15 is 0 Å². The number of ether oxygens (including phenoxy) is 1. The molecule has 5 rings (SSSR count). The summed E-state index contributed by atoms with van der Waals surface area (Å²) in [6, 6.07) is 5.13. The molecule has 8 nitrogen and oxygen atoms in total. The highest BCUT2D eigenvalue weighted by Gasteiger charge is 2.40. The fourth-order valence-corrected chi connectivity index (χ4v) is 5.37. The molecule has 2 aromatic rings. The molecule has 2 fully saturated rings. The maximum atomic E-state index is 13.1. The first-order valence-corrected chi connectivity index (χ1v) is 12.1. The van der Waals surface area contributed by atoms with Crippen LogP contribution in [-0.4, -0.2) is 70.2 Å². The van der Waals surface area contributed by atoms with Crippen molar-refractivity contribution in [3.63, 3.8) is 0 Å². The first kappa shape index (κ1) is 27.0. The number of H-pyrrole nitrogens is 1. The number of likely N-dealkylation sites (tertiary alicyclic amines) is 2. The lowest BCUT2D eigenvalue weighted by Gasteiger charge is -2.27. The van der Waals surface area contributed by atoms with Gasteiger partial charge in [-0.25, -0.2) is 4.98 Å². The number of hydrogen-bond donors (Lipinski definition) is 2. The first-order chi connectivity index (χ1) is 17.2. The van der Waals surface area contributed by atoms with Gasteiger partial charge in [0, 0.05) is 50.9 Å². The molecule has 4 heterocycles. The van der Waals surface area contributed by atoms with E-state index in [1.165, 1.54) is 30.3 Å². The molecule has 1 aromatic carbocycles. The molecule has 3 atom stereocenters. The number of carbonyl (C=O) groups is 2. The molecule has 12 heteroatoms. The Hall–Kier alpha value is -3.05. The maximum absolute atomic E-state index is 13.1. The average molecular weight is 540 g/mol. The Morgan fingerprint density at radius 2 is 1.73 bits per heavy atom. The summed E-state index contributed by atoms with van der Waals surface area (Å²) >= 11 is 0. The van der Waals surface area contributed by atoms with E-state index < -0.39 is 6.36 Å². The number of halogens is 4. The van der Waals surface area contributed by atoms with E-state index in [-0.39, 0.29) is 36.0 Å². The Morgan fingerprint density at radius 3 is 2.38 bits per heavy atom. The van der Waals surface area contributed by atoms with Crippen LogP contribution in [0.2, 0.25) is 0 Å². The van der Waals surface area contributed by atoms with Gasteiger partial charge >= 0.3 is 6.36 Å². The molecule has 0 spiro atoms. The van der Waals surface area contributed by atoms with Gasteiger partial charge in [-0.2, -0.15) is 0 Å². The largest absolute Gasteiger partial charge is 0.573 e. The number of fused-ring (bicyclic) bond motifs is 2. The summed E-state index contributed by atoms with van der Waals surface area (Å²) in [5.41, 5.74) is 2.60. The molecule has 2 amide bonds. The molecule has 0 unspecified atom stereocenters. The predicted molar refractivity (Wildman–Crippen MR) is 132 cm³/mol. The van der Waals surface area contributed by atoms with E-state index in [4.69, 9.17) is 0 Å². The molecule has 200 valence electrons. The molecule has 37 heavy (non-hydrogen) atoms. The van der Waals surface area contributed by atoms with Gasteiger partial charge in [-0.3, -0.25) is 14.9 Å². The van der Waals surface area contributed by atoms with Gasteiger partial charge in [0.2, 0.25) is 11.8 Å². The Kier molecular flexibility index (Phi) is 8.13. The number of hydrogen-bond acceptors (Lipinski definition) is 5. The summed E-state index contributed by atoms with van der Waals surface area (Å²) in [5.74, 6) is 0.431. The number of benzene rings is 1. The fourth-order valence-electron chi connectivity index (χ4n) is 5.37. The minimum absolute atomic E-state index is 0. The zero-order valence-electron chi connectivity index (χ0n) is 20.0. The predicted octanol–water partition coefficient (Wildman–Crippen LogP) is 3.15. The monoisotopic (exact) mass is 539 g/mol. The van der Waals surface area contributed by atoms with Gasteiger partial charge in [-0.15, -0.1) is 25.6 Å². The van der Waals surface area contributed by atoms with Crippen LogP contribution in [0.5, 0.6) is 5.75 Å². The molecule has 0 radical (unpaired) electrons. The van der Waals surface area contributed by atoms with Crippen molar-refractivity contribution in [1.29, 1.82) is 0 Å². The van der Waals surface area contributed by atoms with Gasteiger partial charge < -0.3 is 19.5 Å². The Bertz CT molecular complexity index is 1120. The summed E-state index contributed by atoms with van der Waals surface area (Å²) in [5, 5.41) is 3.30. The highest BCUT2D eigenvalue weighted by atomic mass is 35.5. The van der Waals surface area contributed by atoms with Crippen molar-refractivity contribution in [2.24, 2.45) is 11.8 Å². The van der Waals surface area contributed by atoms with E-state index in [0.29, 0.717) is 56.5 Å². The summed E-state index contributed by atoms with van der Waals surface area (Å²) in [6.07, 6.45) is 2.26. The van der Waals surface area contributed by atoms with Crippen molar-refractivity contribution < 1.29 is 27.5 Å². The molecule has 1 aromatic heterocycles. The lowest BCUT2D eigenvalue weighted by atomic mass is 9.92. The summed E-state index contributed by atoms with van der Waals surface area (Å²) < 4.78 is 40.7. The quantitative estimate of drug-likeness (QED) is 0.583. The van der Waals surface area contributed by atoms with Crippen LogP contribution in [0.25, 0.3) is 6.08 Å². The number of imidazole rings is 1. The maximum Gasteiger partial charge on any atom is 0.573 e. The van der Waals surface area contributed by atoms with Crippen LogP contribution in [0.3, 0.4) is 0 Å². The van der Waals surface area contributed by atoms with Gasteiger partial charge in [-0.1, -0.05) is 12.1 Å². The Morgan fingerprint density at radius 1 is 1.05 bits per heavy atom. The van der Waals surface area contributed by atoms with E-state index in [2.05, 4.69) is 20.0 Å². The standard InChI is InChI=1S/C25H28F3N5O3.ClH/c26-25(27,28)36-19-4-1-16(2-5-19)3-6-23(34)32-9-7-17-13-33(14-18(17)8-10-32)24(35)21-11-20-22(12-29-21)31-15-30-20;/h1-6,15,17-18,21,29H,7-14H2,(H,30,31);1H/b6-3+;/t17-,18+,21-;/m0./s1. The molecule has 3 aliphatic heterocycles. The number of aromatic amines is 1. The lowest BCUT2D eigenvalue weighted by Crippen LogP contribution is -2.49. The molecule has 0 aliphatic carbocycles. The van der Waals surface area contributed by atoms with Crippen LogP contribution in [-0.2, 0) is 22.6 Å². The number of rotatable bonds is 4. The number of nitrogens with zero attached hydrogens (tertiary/aromatic N) is 3. The smallest absolute Gasteiger partial charge is 0.406 e. The molecular weight excluding hydrogens is 511 g/mol. The van der Waals surface area contributed by atoms with Crippen LogP contribution >= 0.6 is 12.4 Å². The van der Waals surface area contributed by atoms with Gasteiger partial charge in [0.25, 0.3) is 0 Å². The number of nitrogens with one attached hydrogen (secondary N) is 2. The summed E-state index contributed by atoms with van der Waals surface area (Å²) in [6.45, 7) is 3.24. The zero-order valence-corrected chi connectivity index (χ0v) is 20.9. The van der Waals surface area contributed by atoms with Gasteiger partial charge in [-0.05, 0) is 48.4 Å². The van der Waals surface area contributed by atoms with Gasteiger partial charge in [0.1, 0.15) is 5.75 Å². The molecule has 0 saturated carbocycles. The second kappa shape index (κ2) is 11.1. The van der Waals surface area contributed by atoms with Crippen LogP contribution in [0, 0.1) is 11.8 Å². The Balaban J connectivity index is 0.00000320. The minimum atomic E-state index is -4.74. The van der Waals surface area contributed by atoms with E-state index in [1.807, 2.05) is 9.80 Å². The number of carbonyl (C=O) groups excluding carboxylic acids is 2. The topological polar surface area (TPSA) is 90.6 Å². The summed E-state index contributed by atoms with van der Waals surface area (Å²) in [7, 11) is 0. The van der Waals surface area contributed by atoms with Gasteiger partial charge in [0.05, 0.1) is 18.1 Å². The summed E-state index contributed by atoms with van der Waals surface area (Å²) in [4.78, 5) is 37.0. The molecule has 0 bridgehead atoms.